The first-order chi connectivity index (χ1) is 8.22. The van der Waals surface area contributed by atoms with E-state index in [4.69, 9.17) is 11.6 Å². The SMILES string of the molecule is N#C[C@H](c1ccccc1Cl)N1CCC(=O)CC1. The summed E-state index contributed by atoms with van der Waals surface area (Å²) in [5, 5.41) is 9.89. The molecule has 0 bridgehead atoms. The van der Waals surface area contributed by atoms with Crippen LogP contribution in [0.3, 0.4) is 0 Å². The Morgan fingerprint density at radius 1 is 1.29 bits per heavy atom. The van der Waals surface area contributed by atoms with Crippen molar-refractivity contribution in [3.63, 3.8) is 0 Å². The average molecular weight is 249 g/mol. The van der Waals surface area contributed by atoms with E-state index in [2.05, 4.69) is 6.07 Å². The molecule has 1 aromatic rings. The second-order valence-electron chi connectivity index (χ2n) is 4.13. The van der Waals surface area contributed by atoms with Crippen LogP contribution in [0.2, 0.25) is 5.02 Å². The Bertz CT molecular complexity index is 457. The zero-order valence-electron chi connectivity index (χ0n) is 9.40. The van der Waals surface area contributed by atoms with Gasteiger partial charge in [-0.25, -0.2) is 0 Å². The molecule has 1 saturated heterocycles. The number of halogens is 1. The fourth-order valence-corrected chi connectivity index (χ4v) is 2.32. The zero-order chi connectivity index (χ0) is 12.3. The highest BCUT2D eigenvalue weighted by Gasteiger charge is 2.25. The van der Waals surface area contributed by atoms with Gasteiger partial charge >= 0.3 is 0 Å². The predicted molar refractivity (Wildman–Crippen MR) is 65.6 cm³/mol. The van der Waals surface area contributed by atoms with Crippen molar-refractivity contribution >= 4 is 17.4 Å². The highest BCUT2D eigenvalue weighted by atomic mass is 35.5. The van der Waals surface area contributed by atoms with Crippen molar-refractivity contribution in [1.82, 2.24) is 4.90 Å². The van der Waals surface area contributed by atoms with Gasteiger partial charge < -0.3 is 0 Å². The van der Waals surface area contributed by atoms with Gasteiger partial charge in [0.1, 0.15) is 11.8 Å². The topological polar surface area (TPSA) is 44.1 Å². The second kappa shape index (κ2) is 5.31. The summed E-state index contributed by atoms with van der Waals surface area (Å²) < 4.78 is 0. The van der Waals surface area contributed by atoms with Crippen LogP contribution >= 0.6 is 11.6 Å². The van der Waals surface area contributed by atoms with E-state index >= 15 is 0 Å². The smallest absolute Gasteiger partial charge is 0.135 e. The third kappa shape index (κ3) is 2.66. The molecule has 1 fully saturated rings. The number of benzene rings is 1. The summed E-state index contributed by atoms with van der Waals surface area (Å²) in [6.45, 7) is 1.28. The van der Waals surface area contributed by atoms with Gasteiger partial charge in [-0.2, -0.15) is 5.26 Å². The highest BCUT2D eigenvalue weighted by Crippen LogP contribution is 2.28. The molecule has 0 saturated carbocycles. The number of likely N-dealkylation sites (tertiary alicyclic amines) is 1. The molecule has 0 spiro atoms. The number of hydrogen-bond donors (Lipinski definition) is 0. The summed E-state index contributed by atoms with van der Waals surface area (Å²) in [4.78, 5) is 13.2. The Kier molecular flexibility index (Phi) is 3.78. The third-order valence-corrected chi connectivity index (χ3v) is 3.39. The zero-order valence-corrected chi connectivity index (χ0v) is 10.2. The molecule has 88 valence electrons. The van der Waals surface area contributed by atoms with Crippen LogP contribution in [0, 0.1) is 11.3 Å². The molecule has 3 nitrogen and oxygen atoms in total. The first-order valence-electron chi connectivity index (χ1n) is 5.62. The fourth-order valence-electron chi connectivity index (χ4n) is 2.08. The molecule has 1 aliphatic rings. The molecule has 1 heterocycles. The van der Waals surface area contributed by atoms with Crippen LogP contribution in [-0.2, 0) is 4.79 Å². The Morgan fingerprint density at radius 2 is 1.94 bits per heavy atom. The third-order valence-electron chi connectivity index (χ3n) is 3.04. The van der Waals surface area contributed by atoms with Gasteiger partial charge in [0, 0.05) is 36.5 Å². The van der Waals surface area contributed by atoms with Crippen molar-refractivity contribution in [3.8, 4) is 6.07 Å². The number of rotatable bonds is 2. The Hall–Kier alpha value is -1.37. The number of piperidine rings is 1. The molecule has 1 aliphatic heterocycles. The van der Waals surface area contributed by atoms with E-state index in [1.165, 1.54) is 0 Å². The lowest BCUT2D eigenvalue weighted by Crippen LogP contribution is -2.36. The van der Waals surface area contributed by atoms with Crippen molar-refractivity contribution in [1.29, 1.82) is 5.26 Å². The summed E-state index contributed by atoms with van der Waals surface area (Å²) >= 11 is 6.10. The maximum absolute atomic E-state index is 11.2. The van der Waals surface area contributed by atoms with E-state index in [0.717, 1.165) is 5.56 Å². The second-order valence-corrected chi connectivity index (χ2v) is 4.53. The molecule has 0 radical (unpaired) electrons. The van der Waals surface area contributed by atoms with Gasteiger partial charge in [0.2, 0.25) is 0 Å². The van der Waals surface area contributed by atoms with Crippen LogP contribution in [-0.4, -0.2) is 23.8 Å². The minimum Gasteiger partial charge on any atom is -0.300 e. The van der Waals surface area contributed by atoms with E-state index in [1.54, 1.807) is 6.07 Å². The van der Waals surface area contributed by atoms with Crippen LogP contribution in [0.5, 0.6) is 0 Å². The standard InChI is InChI=1S/C13H13ClN2O/c14-12-4-2-1-3-11(12)13(9-15)16-7-5-10(17)6-8-16/h1-4,13H,5-8H2/t13-/m1/s1. The highest BCUT2D eigenvalue weighted by molar-refractivity contribution is 6.31. The molecule has 2 rings (SSSR count). The molecule has 1 aromatic carbocycles. The first-order valence-corrected chi connectivity index (χ1v) is 6.00. The molecule has 0 amide bonds. The average Bonchev–Trinajstić information content (AvgIpc) is 2.35. The fraction of sp³-hybridized carbons (Fsp3) is 0.385. The minimum atomic E-state index is -0.350. The molecule has 0 N–H and O–H groups in total. The molecular weight excluding hydrogens is 236 g/mol. The summed E-state index contributed by atoms with van der Waals surface area (Å²) in [6, 6.07) is 9.30. The lowest BCUT2D eigenvalue weighted by atomic mass is 10.0. The summed E-state index contributed by atoms with van der Waals surface area (Å²) in [5.41, 5.74) is 0.825. The van der Waals surface area contributed by atoms with Gasteiger partial charge in [-0.1, -0.05) is 29.8 Å². The largest absolute Gasteiger partial charge is 0.300 e. The maximum Gasteiger partial charge on any atom is 0.135 e. The monoisotopic (exact) mass is 248 g/mol. The molecule has 0 aliphatic carbocycles. The van der Waals surface area contributed by atoms with Crippen LogP contribution in [0.15, 0.2) is 24.3 Å². The Balaban J connectivity index is 2.20. The predicted octanol–water partition coefficient (Wildman–Crippen LogP) is 2.57. The molecule has 17 heavy (non-hydrogen) atoms. The normalized spacial score (nSPS) is 18.7. The Labute approximate surface area is 106 Å². The quantitative estimate of drug-likeness (QED) is 0.808. The minimum absolute atomic E-state index is 0.275. The number of carbonyl (C=O) groups is 1. The molecule has 4 heteroatoms. The molecule has 0 aromatic heterocycles. The van der Waals surface area contributed by atoms with Crippen LogP contribution in [0.4, 0.5) is 0 Å². The first kappa shape index (κ1) is 12.1. The van der Waals surface area contributed by atoms with Crippen LogP contribution in [0.25, 0.3) is 0 Å². The van der Waals surface area contributed by atoms with E-state index in [-0.39, 0.29) is 11.8 Å². The molecular formula is C13H13ClN2O. The lowest BCUT2D eigenvalue weighted by molar-refractivity contribution is -0.121. The van der Waals surface area contributed by atoms with Gasteiger partial charge in [-0.3, -0.25) is 9.69 Å². The number of carbonyl (C=O) groups excluding carboxylic acids is 1. The summed E-state index contributed by atoms with van der Waals surface area (Å²) in [7, 11) is 0. The van der Waals surface area contributed by atoms with E-state index in [9.17, 15) is 10.1 Å². The van der Waals surface area contributed by atoms with Gasteiger partial charge in [-0.15, -0.1) is 0 Å². The summed E-state index contributed by atoms with van der Waals surface area (Å²) in [6.07, 6.45) is 1.06. The van der Waals surface area contributed by atoms with E-state index < -0.39 is 0 Å². The van der Waals surface area contributed by atoms with E-state index in [1.807, 2.05) is 23.1 Å². The van der Waals surface area contributed by atoms with Crippen LogP contribution in [0.1, 0.15) is 24.4 Å². The molecule has 0 unspecified atom stereocenters. The van der Waals surface area contributed by atoms with Crippen molar-refractivity contribution in [3.05, 3.63) is 34.9 Å². The summed E-state index contributed by atoms with van der Waals surface area (Å²) in [5.74, 6) is 0.275. The van der Waals surface area contributed by atoms with Crippen molar-refractivity contribution < 1.29 is 4.79 Å². The lowest BCUT2D eigenvalue weighted by Gasteiger charge is -2.30. The maximum atomic E-state index is 11.2. The van der Waals surface area contributed by atoms with Gasteiger partial charge in [0.05, 0.1) is 6.07 Å². The van der Waals surface area contributed by atoms with Crippen LogP contribution < -0.4 is 0 Å². The van der Waals surface area contributed by atoms with E-state index in [0.29, 0.717) is 31.0 Å². The van der Waals surface area contributed by atoms with Gasteiger partial charge in [0.25, 0.3) is 0 Å². The van der Waals surface area contributed by atoms with Crippen molar-refractivity contribution in [2.75, 3.05) is 13.1 Å². The van der Waals surface area contributed by atoms with Crippen molar-refractivity contribution in [2.45, 2.75) is 18.9 Å². The molecule has 1 atom stereocenters. The number of hydrogen-bond acceptors (Lipinski definition) is 3. The van der Waals surface area contributed by atoms with Gasteiger partial charge in [0.15, 0.2) is 0 Å². The number of Topliss-reactive ketones (excluding diaryl/α,β-unsaturated/α-hetero) is 1. The number of ketones is 1. The van der Waals surface area contributed by atoms with Gasteiger partial charge in [-0.05, 0) is 6.07 Å². The van der Waals surface area contributed by atoms with Crippen molar-refractivity contribution in [2.24, 2.45) is 0 Å². The number of nitriles is 1. The number of nitrogens with zero attached hydrogens (tertiary/aromatic N) is 2. The Morgan fingerprint density at radius 3 is 2.53 bits per heavy atom.